The molecule has 1 saturated carbocycles. The van der Waals surface area contributed by atoms with Crippen molar-refractivity contribution in [1.29, 1.82) is 0 Å². The number of hydrogen-bond acceptors (Lipinski definition) is 3. The highest BCUT2D eigenvalue weighted by Gasteiger charge is 2.33. The third-order valence-electron chi connectivity index (χ3n) is 5.43. The van der Waals surface area contributed by atoms with Crippen molar-refractivity contribution in [1.82, 2.24) is 4.31 Å². The van der Waals surface area contributed by atoms with Crippen LogP contribution in [0.25, 0.3) is 0 Å². The van der Waals surface area contributed by atoms with Gasteiger partial charge in [-0.15, -0.1) is 0 Å². The molecule has 1 aliphatic carbocycles. The van der Waals surface area contributed by atoms with E-state index in [9.17, 15) is 0 Å². The first kappa shape index (κ1) is 14.0. The first-order chi connectivity index (χ1) is 10.4. The molecule has 2 nitrogen and oxygen atoms in total. The Kier molecular flexibility index (Phi) is 4.13. The van der Waals surface area contributed by atoms with Gasteiger partial charge in [0, 0.05) is 29.7 Å². The number of fused-ring (bicyclic) bond motifs is 2. The molecule has 0 bridgehead atoms. The molecule has 2 heterocycles. The zero-order valence-corrected chi connectivity index (χ0v) is 13.6. The summed E-state index contributed by atoms with van der Waals surface area (Å²) < 4.78 is 2.71. The normalized spacial score (nSPS) is 29.3. The Labute approximate surface area is 132 Å². The molecule has 1 aromatic carbocycles. The summed E-state index contributed by atoms with van der Waals surface area (Å²) >= 11 is 2.03. The van der Waals surface area contributed by atoms with Gasteiger partial charge in [-0.3, -0.25) is 0 Å². The second-order valence-corrected chi connectivity index (χ2v) is 7.96. The molecule has 0 amide bonds. The maximum absolute atomic E-state index is 3.52. The van der Waals surface area contributed by atoms with Crippen LogP contribution in [0.1, 0.15) is 50.5 Å². The number of piperidine rings is 1. The first-order valence-electron chi connectivity index (χ1n) is 8.71. The summed E-state index contributed by atoms with van der Waals surface area (Å²) in [6, 6.07) is 7.87. The number of nitrogens with zero attached hydrogens (tertiary/aromatic N) is 1. The maximum atomic E-state index is 3.52. The van der Waals surface area contributed by atoms with E-state index in [-0.39, 0.29) is 0 Å². The summed E-state index contributed by atoms with van der Waals surface area (Å²) in [4.78, 5) is 1.45. The van der Waals surface area contributed by atoms with E-state index in [0.29, 0.717) is 0 Å². The Balaban J connectivity index is 1.49. The van der Waals surface area contributed by atoms with Gasteiger partial charge in [-0.2, -0.15) is 0 Å². The number of benzene rings is 1. The number of aryl methyl sites for hydroxylation is 1. The van der Waals surface area contributed by atoms with E-state index in [4.69, 9.17) is 0 Å². The molecule has 3 heteroatoms. The molecule has 114 valence electrons. The molecule has 0 spiro atoms. The van der Waals surface area contributed by atoms with Crippen LogP contribution in [0, 0.1) is 5.92 Å². The number of rotatable bonds is 2. The van der Waals surface area contributed by atoms with Gasteiger partial charge < -0.3 is 5.32 Å². The van der Waals surface area contributed by atoms with E-state index in [1.165, 1.54) is 74.1 Å². The van der Waals surface area contributed by atoms with Crippen LogP contribution < -0.4 is 5.32 Å². The summed E-state index contributed by atoms with van der Waals surface area (Å²) in [6.45, 7) is 2.41. The summed E-state index contributed by atoms with van der Waals surface area (Å²) in [6.07, 6.45) is 11.2. The highest BCUT2D eigenvalue weighted by Crippen LogP contribution is 2.41. The van der Waals surface area contributed by atoms with Gasteiger partial charge in [0.1, 0.15) is 0 Å². The van der Waals surface area contributed by atoms with Crippen LogP contribution in [0.15, 0.2) is 23.1 Å². The molecule has 0 aromatic heterocycles. The fourth-order valence-electron chi connectivity index (χ4n) is 4.34. The van der Waals surface area contributed by atoms with E-state index >= 15 is 0 Å². The minimum Gasteiger partial charge on any atom is -0.385 e. The molecule has 1 N–H and O–H groups in total. The molecular weight excluding hydrogens is 276 g/mol. The van der Waals surface area contributed by atoms with E-state index in [2.05, 4.69) is 27.8 Å². The van der Waals surface area contributed by atoms with Gasteiger partial charge in [-0.1, -0.05) is 12.8 Å². The largest absolute Gasteiger partial charge is 0.385 e. The predicted octanol–water partition coefficient (Wildman–Crippen LogP) is 4.71. The van der Waals surface area contributed by atoms with Gasteiger partial charge >= 0.3 is 0 Å². The van der Waals surface area contributed by atoms with E-state index in [0.717, 1.165) is 18.5 Å². The average Bonchev–Trinajstić information content (AvgIpc) is 2.55. The first-order valence-corrected chi connectivity index (χ1v) is 9.49. The number of anilines is 1. The molecule has 2 aliphatic heterocycles. The smallest absolute Gasteiger partial charge is 0.0373 e. The second kappa shape index (κ2) is 6.21. The van der Waals surface area contributed by atoms with Gasteiger partial charge in [-0.25, -0.2) is 4.31 Å². The number of nitrogens with one attached hydrogen (secondary N) is 1. The topological polar surface area (TPSA) is 15.3 Å². The Bertz CT molecular complexity index is 500. The molecule has 21 heavy (non-hydrogen) atoms. The van der Waals surface area contributed by atoms with Crippen LogP contribution >= 0.6 is 11.9 Å². The third kappa shape index (κ3) is 2.95. The van der Waals surface area contributed by atoms with Crippen LogP contribution in [0.4, 0.5) is 5.69 Å². The Morgan fingerprint density at radius 2 is 1.95 bits per heavy atom. The van der Waals surface area contributed by atoms with Crippen LogP contribution in [0.5, 0.6) is 0 Å². The average molecular weight is 302 g/mol. The fourth-order valence-corrected chi connectivity index (χ4v) is 5.56. The zero-order chi connectivity index (χ0) is 14.1. The van der Waals surface area contributed by atoms with Gasteiger partial charge in [0.15, 0.2) is 0 Å². The van der Waals surface area contributed by atoms with Crippen molar-refractivity contribution in [3.8, 4) is 0 Å². The van der Waals surface area contributed by atoms with E-state index in [1.54, 1.807) is 0 Å². The molecular formula is C18H26N2S. The minimum atomic E-state index is 0.839. The van der Waals surface area contributed by atoms with Crippen molar-refractivity contribution < 1.29 is 0 Å². The maximum Gasteiger partial charge on any atom is 0.0373 e. The molecule has 0 radical (unpaired) electrons. The molecule has 2 atom stereocenters. The van der Waals surface area contributed by atoms with Crippen LogP contribution in [0.2, 0.25) is 0 Å². The molecule has 2 fully saturated rings. The second-order valence-electron chi connectivity index (χ2n) is 6.84. The lowest BCUT2D eigenvalue weighted by atomic mass is 9.79. The predicted molar refractivity (Wildman–Crippen MR) is 90.8 cm³/mol. The van der Waals surface area contributed by atoms with Crippen LogP contribution in [0.3, 0.4) is 0 Å². The zero-order valence-electron chi connectivity index (χ0n) is 12.8. The molecule has 4 rings (SSSR count). The lowest BCUT2D eigenvalue weighted by Gasteiger charge is -2.43. The Morgan fingerprint density at radius 3 is 2.95 bits per heavy atom. The third-order valence-corrected chi connectivity index (χ3v) is 6.58. The van der Waals surface area contributed by atoms with Crippen LogP contribution in [-0.4, -0.2) is 23.4 Å². The van der Waals surface area contributed by atoms with E-state index < -0.39 is 0 Å². The fraction of sp³-hybridized carbons (Fsp3) is 0.667. The standard InChI is InChI=1S/C18H26N2S/c1-2-8-18-14(5-1)7-4-12-20(18)21-16-9-10-17-15(13-16)6-3-11-19-17/h9-10,13-14,18-19H,1-8,11-12H2/t14-,18?/m1/s1. The summed E-state index contributed by atoms with van der Waals surface area (Å²) in [5.74, 6) is 0.972. The molecule has 1 unspecified atom stereocenters. The SMILES string of the molecule is c1cc2c(cc1SN1CCC[C@H]3CCCCC31)CCCN2. The molecule has 1 aromatic rings. The van der Waals surface area contributed by atoms with Crippen molar-refractivity contribution in [2.24, 2.45) is 5.92 Å². The molecule has 1 saturated heterocycles. The van der Waals surface area contributed by atoms with Gasteiger partial charge in [0.05, 0.1) is 0 Å². The summed E-state index contributed by atoms with van der Waals surface area (Å²) in [5.41, 5.74) is 2.88. The van der Waals surface area contributed by atoms with Crippen molar-refractivity contribution in [3.63, 3.8) is 0 Å². The van der Waals surface area contributed by atoms with Crippen LogP contribution in [-0.2, 0) is 6.42 Å². The minimum absolute atomic E-state index is 0.839. The highest BCUT2D eigenvalue weighted by molar-refractivity contribution is 7.97. The van der Waals surface area contributed by atoms with Crippen molar-refractivity contribution in [2.75, 3.05) is 18.4 Å². The quantitative estimate of drug-likeness (QED) is 0.797. The van der Waals surface area contributed by atoms with Gasteiger partial charge in [0.25, 0.3) is 0 Å². The van der Waals surface area contributed by atoms with Gasteiger partial charge in [0.2, 0.25) is 0 Å². The molecule has 3 aliphatic rings. The van der Waals surface area contributed by atoms with Crippen molar-refractivity contribution in [3.05, 3.63) is 23.8 Å². The van der Waals surface area contributed by atoms with E-state index in [1.807, 2.05) is 11.9 Å². The monoisotopic (exact) mass is 302 g/mol. The Hall–Kier alpha value is -0.670. The lowest BCUT2D eigenvalue weighted by Crippen LogP contribution is -2.42. The summed E-state index contributed by atoms with van der Waals surface area (Å²) in [7, 11) is 0. The number of hydrogen-bond donors (Lipinski definition) is 1. The van der Waals surface area contributed by atoms with Gasteiger partial charge in [-0.05, 0) is 80.2 Å². The Morgan fingerprint density at radius 1 is 1.05 bits per heavy atom. The highest BCUT2D eigenvalue weighted by atomic mass is 32.2. The summed E-state index contributed by atoms with van der Waals surface area (Å²) in [5, 5.41) is 3.52. The lowest BCUT2D eigenvalue weighted by molar-refractivity contribution is 0.139. The van der Waals surface area contributed by atoms with Crippen molar-refractivity contribution in [2.45, 2.75) is 62.3 Å². The van der Waals surface area contributed by atoms with Crippen molar-refractivity contribution >= 4 is 17.6 Å².